The topological polar surface area (TPSA) is 67.9 Å². The van der Waals surface area contributed by atoms with Crippen molar-refractivity contribution in [1.82, 2.24) is 15.0 Å². The molecule has 1 atom stereocenters. The highest BCUT2D eigenvalue weighted by Crippen LogP contribution is 2.36. The summed E-state index contributed by atoms with van der Waals surface area (Å²) in [5.74, 6) is 0. The van der Waals surface area contributed by atoms with Crippen LogP contribution in [-0.2, 0) is 19.1 Å². The van der Waals surface area contributed by atoms with E-state index in [1.54, 1.807) is 29.8 Å². The molecule has 3 heterocycles. The fraction of sp³-hybridized carbons (Fsp3) is 0.192. The summed E-state index contributed by atoms with van der Waals surface area (Å²) in [5, 5.41) is 1.65. The molecule has 5 rings (SSSR count). The molecule has 0 aliphatic carbocycles. The predicted molar refractivity (Wildman–Crippen MR) is 139 cm³/mol. The second-order valence-corrected chi connectivity index (χ2v) is 10.4. The van der Waals surface area contributed by atoms with E-state index in [1.165, 1.54) is 23.5 Å². The smallest absolute Gasteiger partial charge is 0.342 e. The lowest BCUT2D eigenvalue weighted by atomic mass is 10.0. The Hall–Kier alpha value is -3.34. The van der Waals surface area contributed by atoms with Gasteiger partial charge in [-0.1, -0.05) is 59.9 Å². The summed E-state index contributed by atoms with van der Waals surface area (Å²) in [6.45, 7) is 1.01. The van der Waals surface area contributed by atoms with E-state index in [1.807, 2.05) is 42.6 Å². The molecular formula is C26H22F3N5S2. The zero-order valence-corrected chi connectivity index (χ0v) is 20.7. The lowest BCUT2D eigenvalue weighted by Crippen LogP contribution is -2.38. The fourth-order valence-electron chi connectivity index (χ4n) is 3.93. The lowest BCUT2D eigenvalue weighted by Gasteiger charge is -2.26. The Balaban J connectivity index is 1.38. The summed E-state index contributed by atoms with van der Waals surface area (Å²) in [7, 11) is 0. The summed E-state index contributed by atoms with van der Waals surface area (Å²) < 4.78 is 40.4. The van der Waals surface area contributed by atoms with E-state index in [0.717, 1.165) is 36.9 Å². The van der Waals surface area contributed by atoms with Crippen LogP contribution in [0.15, 0.2) is 79.3 Å². The molecule has 0 fully saturated rings. The molecule has 0 aliphatic heterocycles. The molecule has 10 heteroatoms. The minimum Gasteiger partial charge on any atom is -0.342 e. The Bertz CT molecular complexity index is 1420. The van der Waals surface area contributed by atoms with Crippen molar-refractivity contribution in [3.05, 3.63) is 95.9 Å². The third-order valence-electron chi connectivity index (χ3n) is 5.59. The van der Waals surface area contributed by atoms with Crippen molar-refractivity contribution in [2.24, 2.45) is 5.73 Å². The molecule has 0 amide bonds. The first kappa shape index (κ1) is 24.4. The van der Waals surface area contributed by atoms with Gasteiger partial charge in [-0.2, -0.15) is 13.2 Å². The number of thiazole rings is 2. The molecule has 0 unspecified atom stereocenters. The van der Waals surface area contributed by atoms with E-state index in [4.69, 9.17) is 10.7 Å². The number of fused-ring (bicyclic) bond motifs is 1. The van der Waals surface area contributed by atoms with Gasteiger partial charge in [-0.25, -0.2) is 9.97 Å². The van der Waals surface area contributed by atoms with E-state index < -0.39 is 17.8 Å². The largest absolute Gasteiger partial charge is 0.416 e. The van der Waals surface area contributed by atoms with Crippen molar-refractivity contribution >= 4 is 38.0 Å². The Kier molecular flexibility index (Phi) is 6.99. The number of benzene rings is 2. The average Bonchev–Trinajstić information content (AvgIpc) is 3.51. The van der Waals surface area contributed by atoms with Crippen molar-refractivity contribution < 1.29 is 13.2 Å². The molecule has 0 bridgehead atoms. The highest BCUT2D eigenvalue weighted by molar-refractivity contribution is 7.26. The van der Waals surface area contributed by atoms with Crippen LogP contribution in [0.4, 0.5) is 18.3 Å². The number of nitrogens with two attached hydrogens (primary N) is 1. The number of hydrogen-bond acceptors (Lipinski definition) is 7. The summed E-state index contributed by atoms with van der Waals surface area (Å²) >= 11 is 3.08. The van der Waals surface area contributed by atoms with E-state index >= 15 is 0 Å². The van der Waals surface area contributed by atoms with Gasteiger partial charge in [0.1, 0.15) is 5.01 Å². The zero-order chi connectivity index (χ0) is 25.1. The van der Waals surface area contributed by atoms with Crippen molar-refractivity contribution in [2.75, 3.05) is 11.4 Å². The average molecular weight is 526 g/mol. The number of aromatic nitrogens is 3. The minimum atomic E-state index is -4.38. The molecule has 2 N–H and O–H groups in total. The Morgan fingerprint density at radius 1 is 0.944 bits per heavy atom. The van der Waals surface area contributed by atoms with Gasteiger partial charge in [0.05, 0.1) is 26.9 Å². The number of alkyl halides is 3. The van der Waals surface area contributed by atoms with E-state index in [-0.39, 0.29) is 0 Å². The Morgan fingerprint density at radius 3 is 2.53 bits per heavy atom. The summed E-state index contributed by atoms with van der Waals surface area (Å²) in [5.41, 5.74) is 8.34. The number of halogens is 3. The highest BCUT2D eigenvalue weighted by Gasteiger charge is 2.30. The standard InChI is InChI=1S/C26H22F3N5S2/c27-26(28,29)19-8-4-7-18(11-19)12-20(30)16-34(15-17-5-2-1-3-6-17)25-32-14-23(36-25)24-33-21-9-10-31-13-22(21)35-24/h1-11,13-14,20H,12,15-16,30H2/t20-/m0/s1. The van der Waals surface area contributed by atoms with Crippen LogP contribution in [0.1, 0.15) is 16.7 Å². The third kappa shape index (κ3) is 5.72. The lowest BCUT2D eigenvalue weighted by molar-refractivity contribution is -0.137. The monoisotopic (exact) mass is 525 g/mol. The number of anilines is 1. The fourth-order valence-corrected chi connectivity index (χ4v) is 5.83. The van der Waals surface area contributed by atoms with Gasteiger partial charge in [0.25, 0.3) is 0 Å². The normalized spacial score (nSPS) is 12.7. The maximum Gasteiger partial charge on any atom is 0.416 e. The molecule has 0 saturated heterocycles. The predicted octanol–water partition coefficient (Wildman–Crippen LogP) is 6.41. The van der Waals surface area contributed by atoms with Gasteiger partial charge in [-0.05, 0) is 29.7 Å². The molecule has 0 spiro atoms. The van der Waals surface area contributed by atoms with Crippen LogP contribution in [0.5, 0.6) is 0 Å². The van der Waals surface area contributed by atoms with Crippen LogP contribution in [0, 0.1) is 0 Å². The SMILES string of the molecule is N[C@@H](Cc1cccc(C(F)(F)F)c1)CN(Cc1ccccc1)c1ncc(-c2nc3ccncc3s2)s1. The van der Waals surface area contributed by atoms with Crippen molar-refractivity contribution in [1.29, 1.82) is 0 Å². The second kappa shape index (κ2) is 10.3. The van der Waals surface area contributed by atoms with Gasteiger partial charge in [0.2, 0.25) is 0 Å². The zero-order valence-electron chi connectivity index (χ0n) is 19.0. The van der Waals surface area contributed by atoms with E-state index in [2.05, 4.69) is 14.9 Å². The number of pyridine rings is 1. The van der Waals surface area contributed by atoms with Crippen LogP contribution in [0.3, 0.4) is 0 Å². The van der Waals surface area contributed by atoms with Crippen LogP contribution in [0.2, 0.25) is 0 Å². The molecule has 36 heavy (non-hydrogen) atoms. The number of rotatable bonds is 8. The van der Waals surface area contributed by atoms with Crippen molar-refractivity contribution in [2.45, 2.75) is 25.2 Å². The first-order chi connectivity index (χ1) is 17.3. The minimum absolute atomic E-state index is 0.318. The molecule has 0 radical (unpaired) electrons. The highest BCUT2D eigenvalue weighted by atomic mass is 32.1. The quantitative estimate of drug-likeness (QED) is 0.254. The van der Waals surface area contributed by atoms with Crippen LogP contribution in [-0.4, -0.2) is 27.5 Å². The third-order valence-corrected chi connectivity index (χ3v) is 7.82. The van der Waals surface area contributed by atoms with Gasteiger partial charge in [0, 0.05) is 31.5 Å². The summed E-state index contributed by atoms with van der Waals surface area (Å²) in [6, 6.07) is 16.8. The molecule has 184 valence electrons. The van der Waals surface area contributed by atoms with Crippen LogP contribution >= 0.6 is 22.7 Å². The van der Waals surface area contributed by atoms with Crippen LogP contribution in [0.25, 0.3) is 20.1 Å². The van der Waals surface area contributed by atoms with Gasteiger partial charge in [-0.15, -0.1) is 11.3 Å². The maximum absolute atomic E-state index is 13.1. The number of nitrogens with zero attached hydrogens (tertiary/aromatic N) is 4. The molecule has 3 aromatic heterocycles. The molecule has 0 saturated carbocycles. The molecule has 2 aromatic carbocycles. The van der Waals surface area contributed by atoms with Crippen LogP contribution < -0.4 is 10.6 Å². The summed E-state index contributed by atoms with van der Waals surface area (Å²) in [4.78, 5) is 16.5. The first-order valence-electron chi connectivity index (χ1n) is 11.2. The van der Waals surface area contributed by atoms with Crippen molar-refractivity contribution in [3.8, 4) is 9.88 Å². The molecular weight excluding hydrogens is 503 g/mol. The van der Waals surface area contributed by atoms with Crippen molar-refractivity contribution in [3.63, 3.8) is 0 Å². The van der Waals surface area contributed by atoms with Gasteiger partial charge in [0.15, 0.2) is 5.13 Å². The van der Waals surface area contributed by atoms with E-state index in [9.17, 15) is 13.2 Å². The molecule has 0 aliphatic rings. The van der Waals surface area contributed by atoms with E-state index in [0.29, 0.717) is 25.1 Å². The van der Waals surface area contributed by atoms with Gasteiger partial charge >= 0.3 is 6.18 Å². The Morgan fingerprint density at radius 2 is 1.75 bits per heavy atom. The van der Waals surface area contributed by atoms with Gasteiger partial charge < -0.3 is 10.6 Å². The molecule has 5 aromatic rings. The second-order valence-electron chi connectivity index (χ2n) is 8.40. The molecule has 5 nitrogen and oxygen atoms in total. The Labute approximate surface area is 214 Å². The van der Waals surface area contributed by atoms with Gasteiger partial charge in [-0.3, -0.25) is 4.98 Å². The first-order valence-corrected chi connectivity index (χ1v) is 12.9. The summed E-state index contributed by atoms with van der Waals surface area (Å²) in [6.07, 6.45) is 1.26. The number of hydrogen-bond donors (Lipinski definition) is 1. The maximum atomic E-state index is 13.1.